The number of hydrogen-bond acceptors (Lipinski definition) is 5. The maximum Gasteiger partial charge on any atom is 0.317 e. The number of anilines is 1. The van der Waals surface area contributed by atoms with E-state index >= 15 is 0 Å². The SMILES string of the molecule is CC1CN(C(=O)NCc2cccnc2N2CCOCC2)CC(C)(C)O1. The topological polar surface area (TPSA) is 66.9 Å². The molecule has 1 aromatic heterocycles. The lowest BCUT2D eigenvalue weighted by atomic mass is 10.1. The van der Waals surface area contributed by atoms with Gasteiger partial charge in [0.25, 0.3) is 0 Å². The molecular weight excluding hydrogens is 320 g/mol. The van der Waals surface area contributed by atoms with Gasteiger partial charge in [-0.1, -0.05) is 6.07 Å². The van der Waals surface area contributed by atoms with Gasteiger partial charge in [0.05, 0.1) is 31.5 Å². The average Bonchev–Trinajstić information content (AvgIpc) is 2.59. The lowest BCUT2D eigenvalue weighted by molar-refractivity contribution is -0.117. The molecule has 3 rings (SSSR count). The Morgan fingerprint density at radius 1 is 1.40 bits per heavy atom. The molecule has 0 saturated carbocycles. The first kappa shape index (κ1) is 17.9. The molecule has 0 aliphatic carbocycles. The molecule has 2 fully saturated rings. The van der Waals surface area contributed by atoms with Crippen LogP contribution in [0.4, 0.5) is 10.6 Å². The first-order valence-electron chi connectivity index (χ1n) is 8.92. The molecule has 1 atom stereocenters. The summed E-state index contributed by atoms with van der Waals surface area (Å²) in [6, 6.07) is 3.87. The molecule has 25 heavy (non-hydrogen) atoms. The molecule has 7 heteroatoms. The highest BCUT2D eigenvalue weighted by molar-refractivity contribution is 5.74. The molecule has 0 aromatic carbocycles. The van der Waals surface area contributed by atoms with E-state index < -0.39 is 0 Å². The van der Waals surface area contributed by atoms with Crippen LogP contribution in [0.1, 0.15) is 26.3 Å². The van der Waals surface area contributed by atoms with E-state index in [1.807, 2.05) is 37.8 Å². The van der Waals surface area contributed by atoms with E-state index in [0.717, 1.165) is 24.5 Å². The fraction of sp³-hybridized carbons (Fsp3) is 0.667. The van der Waals surface area contributed by atoms with Gasteiger partial charge < -0.3 is 24.6 Å². The Labute approximate surface area is 149 Å². The van der Waals surface area contributed by atoms with E-state index in [9.17, 15) is 4.79 Å². The molecule has 138 valence electrons. The second-order valence-electron chi connectivity index (χ2n) is 7.31. The summed E-state index contributed by atoms with van der Waals surface area (Å²) in [6.45, 7) is 10.8. The lowest BCUT2D eigenvalue weighted by Crippen LogP contribution is -2.56. The summed E-state index contributed by atoms with van der Waals surface area (Å²) in [5.74, 6) is 0.932. The van der Waals surface area contributed by atoms with Crippen molar-refractivity contribution >= 4 is 11.8 Å². The Hall–Kier alpha value is -1.86. The second kappa shape index (κ2) is 7.58. The first-order valence-corrected chi connectivity index (χ1v) is 8.92. The minimum absolute atomic E-state index is 0.0387. The number of amides is 2. The zero-order valence-electron chi connectivity index (χ0n) is 15.3. The maximum absolute atomic E-state index is 12.6. The Balaban J connectivity index is 1.62. The van der Waals surface area contributed by atoms with Crippen LogP contribution in [0.5, 0.6) is 0 Å². The zero-order chi connectivity index (χ0) is 17.9. The Morgan fingerprint density at radius 3 is 2.88 bits per heavy atom. The molecule has 2 amide bonds. The summed E-state index contributed by atoms with van der Waals surface area (Å²) >= 11 is 0. The van der Waals surface area contributed by atoms with Crippen LogP contribution in [0.25, 0.3) is 0 Å². The van der Waals surface area contributed by atoms with E-state index in [1.54, 1.807) is 6.20 Å². The van der Waals surface area contributed by atoms with E-state index in [2.05, 4.69) is 15.2 Å². The number of pyridine rings is 1. The van der Waals surface area contributed by atoms with Crippen LogP contribution in [-0.2, 0) is 16.0 Å². The highest BCUT2D eigenvalue weighted by atomic mass is 16.5. The zero-order valence-corrected chi connectivity index (χ0v) is 15.3. The van der Waals surface area contributed by atoms with Gasteiger partial charge in [0.2, 0.25) is 0 Å². The number of rotatable bonds is 3. The van der Waals surface area contributed by atoms with Crippen molar-refractivity contribution in [3.8, 4) is 0 Å². The monoisotopic (exact) mass is 348 g/mol. The molecule has 1 aromatic rings. The molecule has 2 aliphatic heterocycles. The minimum Gasteiger partial charge on any atom is -0.378 e. The summed E-state index contributed by atoms with van der Waals surface area (Å²) in [4.78, 5) is 21.2. The first-order chi connectivity index (χ1) is 11.9. The van der Waals surface area contributed by atoms with Crippen molar-refractivity contribution in [2.75, 3.05) is 44.3 Å². The number of aromatic nitrogens is 1. The summed E-state index contributed by atoms with van der Waals surface area (Å²) in [6.07, 6.45) is 1.83. The molecule has 3 heterocycles. The van der Waals surface area contributed by atoms with Crippen molar-refractivity contribution in [3.05, 3.63) is 23.9 Å². The maximum atomic E-state index is 12.6. The van der Waals surface area contributed by atoms with Gasteiger partial charge in [0, 0.05) is 37.9 Å². The van der Waals surface area contributed by atoms with Gasteiger partial charge in [-0.3, -0.25) is 0 Å². The van der Waals surface area contributed by atoms with Crippen LogP contribution in [0.15, 0.2) is 18.3 Å². The fourth-order valence-electron chi connectivity index (χ4n) is 3.52. The van der Waals surface area contributed by atoms with E-state index in [1.165, 1.54) is 0 Å². The standard InChI is InChI=1S/C18H28N4O3/c1-14-12-22(13-18(2,3)25-14)17(23)20-11-15-5-4-6-19-16(15)21-7-9-24-10-8-21/h4-6,14H,7-13H2,1-3H3,(H,20,23). The molecule has 2 saturated heterocycles. The van der Waals surface area contributed by atoms with Crippen molar-refractivity contribution in [2.24, 2.45) is 0 Å². The summed E-state index contributed by atoms with van der Waals surface area (Å²) < 4.78 is 11.3. The van der Waals surface area contributed by atoms with Gasteiger partial charge in [0.1, 0.15) is 5.82 Å². The van der Waals surface area contributed by atoms with Crippen LogP contribution in [-0.4, -0.2) is 67.0 Å². The predicted octanol–water partition coefficient (Wildman–Crippen LogP) is 1.63. The Morgan fingerprint density at radius 2 is 2.16 bits per heavy atom. The third-order valence-electron chi connectivity index (χ3n) is 4.46. The summed E-state index contributed by atoms with van der Waals surface area (Å²) in [5, 5.41) is 3.04. The van der Waals surface area contributed by atoms with E-state index in [-0.39, 0.29) is 17.7 Å². The van der Waals surface area contributed by atoms with Crippen LogP contribution in [0.2, 0.25) is 0 Å². The van der Waals surface area contributed by atoms with Crippen molar-refractivity contribution in [1.29, 1.82) is 0 Å². The van der Waals surface area contributed by atoms with Gasteiger partial charge in [-0.2, -0.15) is 0 Å². The lowest BCUT2D eigenvalue weighted by Gasteiger charge is -2.41. The van der Waals surface area contributed by atoms with Crippen molar-refractivity contribution in [1.82, 2.24) is 15.2 Å². The predicted molar refractivity (Wildman–Crippen MR) is 95.7 cm³/mol. The number of nitrogens with zero attached hydrogens (tertiary/aromatic N) is 3. The van der Waals surface area contributed by atoms with Gasteiger partial charge in [-0.15, -0.1) is 0 Å². The number of carbonyl (C=O) groups is 1. The highest BCUT2D eigenvalue weighted by Gasteiger charge is 2.33. The highest BCUT2D eigenvalue weighted by Crippen LogP contribution is 2.21. The van der Waals surface area contributed by atoms with Crippen LogP contribution in [0.3, 0.4) is 0 Å². The largest absolute Gasteiger partial charge is 0.378 e. The molecule has 7 nitrogen and oxygen atoms in total. The quantitative estimate of drug-likeness (QED) is 0.899. The number of morpholine rings is 2. The number of urea groups is 1. The van der Waals surface area contributed by atoms with Crippen molar-refractivity contribution in [2.45, 2.75) is 39.0 Å². The average molecular weight is 348 g/mol. The summed E-state index contributed by atoms with van der Waals surface area (Å²) in [7, 11) is 0. The molecule has 0 radical (unpaired) electrons. The molecule has 0 bridgehead atoms. The molecular formula is C18H28N4O3. The normalized spacial score (nSPS) is 23.4. The molecule has 1 unspecified atom stereocenters. The van der Waals surface area contributed by atoms with Crippen molar-refractivity contribution in [3.63, 3.8) is 0 Å². The summed E-state index contributed by atoms with van der Waals surface area (Å²) in [5.41, 5.74) is 0.709. The van der Waals surface area contributed by atoms with E-state index in [4.69, 9.17) is 9.47 Å². The van der Waals surface area contributed by atoms with Gasteiger partial charge in [-0.25, -0.2) is 9.78 Å². The second-order valence-corrected chi connectivity index (χ2v) is 7.31. The van der Waals surface area contributed by atoms with Crippen LogP contribution >= 0.6 is 0 Å². The number of nitrogens with one attached hydrogen (secondary N) is 1. The third-order valence-corrected chi connectivity index (χ3v) is 4.46. The van der Waals surface area contributed by atoms with Crippen LogP contribution in [0, 0.1) is 0 Å². The third kappa shape index (κ3) is 4.61. The number of ether oxygens (including phenoxy) is 2. The van der Waals surface area contributed by atoms with E-state index in [0.29, 0.717) is 32.8 Å². The fourth-order valence-corrected chi connectivity index (χ4v) is 3.52. The molecule has 2 aliphatic rings. The van der Waals surface area contributed by atoms with Gasteiger partial charge >= 0.3 is 6.03 Å². The smallest absolute Gasteiger partial charge is 0.317 e. The van der Waals surface area contributed by atoms with Gasteiger partial charge in [0.15, 0.2) is 0 Å². The Bertz CT molecular complexity index is 602. The Kier molecular flexibility index (Phi) is 5.44. The molecule has 1 N–H and O–H groups in total. The van der Waals surface area contributed by atoms with Gasteiger partial charge in [-0.05, 0) is 26.8 Å². The number of hydrogen-bond donors (Lipinski definition) is 1. The number of carbonyl (C=O) groups excluding carboxylic acids is 1. The van der Waals surface area contributed by atoms with Crippen molar-refractivity contribution < 1.29 is 14.3 Å². The molecule has 0 spiro atoms. The van der Waals surface area contributed by atoms with Crippen LogP contribution < -0.4 is 10.2 Å². The minimum atomic E-state index is -0.317.